The second kappa shape index (κ2) is 5.19. The molecule has 0 heterocycles. The Bertz CT molecular complexity index is 375. The van der Waals surface area contributed by atoms with E-state index in [-0.39, 0.29) is 12.5 Å². The lowest BCUT2D eigenvalue weighted by atomic mass is 9.86. The summed E-state index contributed by atoms with van der Waals surface area (Å²) in [6, 6.07) is 7.08. The Morgan fingerprint density at radius 1 is 1.35 bits per heavy atom. The summed E-state index contributed by atoms with van der Waals surface area (Å²) >= 11 is 0. The summed E-state index contributed by atoms with van der Waals surface area (Å²) in [6.07, 6.45) is 0. The number of carbonyl (C=O) groups is 1. The van der Waals surface area contributed by atoms with Crippen LogP contribution in [-0.4, -0.2) is 28.4 Å². The molecular formula is C13H18O4. The number of aliphatic hydroxyl groups is 1. The van der Waals surface area contributed by atoms with Crippen molar-refractivity contribution in [2.75, 3.05) is 6.61 Å². The van der Waals surface area contributed by atoms with E-state index < -0.39 is 11.6 Å². The molecular weight excluding hydrogens is 220 g/mol. The molecule has 2 N–H and O–H groups in total. The van der Waals surface area contributed by atoms with E-state index in [9.17, 15) is 9.90 Å². The van der Waals surface area contributed by atoms with Crippen LogP contribution in [0.1, 0.15) is 32.3 Å². The fourth-order valence-corrected chi connectivity index (χ4v) is 1.41. The summed E-state index contributed by atoms with van der Waals surface area (Å²) in [4.78, 5) is 10.3. The Morgan fingerprint density at radius 2 is 1.88 bits per heavy atom. The van der Waals surface area contributed by atoms with E-state index in [4.69, 9.17) is 9.84 Å². The minimum absolute atomic E-state index is 0.00368. The first-order valence-corrected chi connectivity index (χ1v) is 5.47. The number of carboxylic acids is 1. The summed E-state index contributed by atoms with van der Waals surface area (Å²) in [7, 11) is 0. The van der Waals surface area contributed by atoms with Gasteiger partial charge in [-0.05, 0) is 31.5 Å². The van der Waals surface area contributed by atoms with Gasteiger partial charge in [0.1, 0.15) is 5.75 Å². The van der Waals surface area contributed by atoms with Gasteiger partial charge in [0.15, 0.2) is 6.61 Å². The maximum atomic E-state index is 10.3. The standard InChI is InChI=1S/C13H18O4/c1-9(13(2,3)16)10-4-6-11(7-5-10)17-8-12(14)15/h4-7,9,16H,8H2,1-3H3,(H,14,15). The molecule has 1 aromatic rings. The van der Waals surface area contributed by atoms with Crippen LogP contribution in [0, 0.1) is 0 Å². The monoisotopic (exact) mass is 238 g/mol. The van der Waals surface area contributed by atoms with Crippen LogP contribution in [0.25, 0.3) is 0 Å². The van der Waals surface area contributed by atoms with Crippen LogP contribution in [0.4, 0.5) is 0 Å². The van der Waals surface area contributed by atoms with Crippen molar-refractivity contribution >= 4 is 5.97 Å². The first-order valence-electron chi connectivity index (χ1n) is 5.47. The van der Waals surface area contributed by atoms with E-state index in [1.54, 1.807) is 26.0 Å². The van der Waals surface area contributed by atoms with E-state index in [2.05, 4.69) is 0 Å². The van der Waals surface area contributed by atoms with Crippen molar-refractivity contribution in [3.8, 4) is 5.75 Å². The van der Waals surface area contributed by atoms with Gasteiger partial charge in [0.2, 0.25) is 0 Å². The van der Waals surface area contributed by atoms with E-state index in [1.807, 2.05) is 19.1 Å². The molecule has 0 aliphatic heterocycles. The van der Waals surface area contributed by atoms with Gasteiger partial charge < -0.3 is 14.9 Å². The fourth-order valence-electron chi connectivity index (χ4n) is 1.41. The maximum absolute atomic E-state index is 10.3. The summed E-state index contributed by atoms with van der Waals surface area (Å²) < 4.78 is 5.03. The van der Waals surface area contributed by atoms with Crippen molar-refractivity contribution in [3.05, 3.63) is 29.8 Å². The van der Waals surface area contributed by atoms with Crippen molar-refractivity contribution < 1.29 is 19.7 Å². The topological polar surface area (TPSA) is 66.8 Å². The van der Waals surface area contributed by atoms with Gasteiger partial charge >= 0.3 is 5.97 Å². The Hall–Kier alpha value is -1.55. The van der Waals surface area contributed by atoms with Crippen molar-refractivity contribution in [3.63, 3.8) is 0 Å². The minimum Gasteiger partial charge on any atom is -0.482 e. The number of benzene rings is 1. The average molecular weight is 238 g/mol. The molecule has 0 aromatic heterocycles. The van der Waals surface area contributed by atoms with E-state index in [0.717, 1.165) is 5.56 Å². The van der Waals surface area contributed by atoms with Gasteiger partial charge in [-0.3, -0.25) is 0 Å². The summed E-state index contributed by atoms with van der Waals surface area (Å²) in [5.74, 6) is -0.492. The number of carboxylic acid groups (broad SMARTS) is 1. The highest BCUT2D eigenvalue weighted by molar-refractivity contribution is 5.68. The van der Waals surface area contributed by atoms with Gasteiger partial charge in [-0.15, -0.1) is 0 Å². The quantitative estimate of drug-likeness (QED) is 0.823. The first-order chi connectivity index (χ1) is 7.80. The Labute approximate surface area is 101 Å². The third kappa shape index (κ3) is 4.07. The molecule has 0 bridgehead atoms. The molecule has 0 aliphatic carbocycles. The van der Waals surface area contributed by atoms with Crippen molar-refractivity contribution in [2.24, 2.45) is 0 Å². The number of ether oxygens (including phenoxy) is 1. The van der Waals surface area contributed by atoms with Gasteiger partial charge in [-0.25, -0.2) is 4.79 Å². The SMILES string of the molecule is CC(c1ccc(OCC(=O)O)cc1)C(C)(C)O. The molecule has 1 atom stereocenters. The Balaban J connectivity index is 2.71. The molecule has 0 spiro atoms. The van der Waals surface area contributed by atoms with Crippen molar-refractivity contribution in [1.82, 2.24) is 0 Å². The molecule has 1 unspecified atom stereocenters. The van der Waals surface area contributed by atoms with Crippen LogP contribution in [0.3, 0.4) is 0 Å². The van der Waals surface area contributed by atoms with Crippen LogP contribution >= 0.6 is 0 Å². The molecule has 94 valence electrons. The molecule has 4 nitrogen and oxygen atoms in total. The van der Waals surface area contributed by atoms with Gasteiger partial charge in [-0.2, -0.15) is 0 Å². The molecule has 0 amide bonds. The molecule has 17 heavy (non-hydrogen) atoms. The number of hydrogen-bond donors (Lipinski definition) is 2. The third-order valence-electron chi connectivity index (χ3n) is 2.80. The zero-order chi connectivity index (χ0) is 13.1. The van der Waals surface area contributed by atoms with Crippen LogP contribution in [0.2, 0.25) is 0 Å². The second-order valence-electron chi connectivity index (χ2n) is 4.63. The lowest BCUT2D eigenvalue weighted by molar-refractivity contribution is -0.139. The van der Waals surface area contributed by atoms with Crippen LogP contribution < -0.4 is 4.74 Å². The molecule has 0 aliphatic rings. The highest BCUT2D eigenvalue weighted by atomic mass is 16.5. The van der Waals surface area contributed by atoms with Crippen LogP contribution in [0.5, 0.6) is 5.75 Å². The third-order valence-corrected chi connectivity index (χ3v) is 2.80. The molecule has 0 fully saturated rings. The molecule has 0 radical (unpaired) electrons. The maximum Gasteiger partial charge on any atom is 0.341 e. The molecule has 0 saturated heterocycles. The predicted octanol–water partition coefficient (Wildman–Crippen LogP) is 2.02. The smallest absolute Gasteiger partial charge is 0.341 e. The Kier molecular flexibility index (Phi) is 4.12. The van der Waals surface area contributed by atoms with E-state index >= 15 is 0 Å². The molecule has 4 heteroatoms. The Morgan fingerprint density at radius 3 is 2.29 bits per heavy atom. The zero-order valence-electron chi connectivity index (χ0n) is 10.3. The van der Waals surface area contributed by atoms with Gasteiger partial charge in [0.25, 0.3) is 0 Å². The predicted molar refractivity (Wildman–Crippen MR) is 64.3 cm³/mol. The largest absolute Gasteiger partial charge is 0.482 e. The van der Waals surface area contributed by atoms with Gasteiger partial charge in [-0.1, -0.05) is 19.1 Å². The summed E-state index contributed by atoms with van der Waals surface area (Å²) in [5.41, 5.74) is 0.198. The zero-order valence-corrected chi connectivity index (χ0v) is 10.3. The van der Waals surface area contributed by atoms with Crippen molar-refractivity contribution in [1.29, 1.82) is 0 Å². The van der Waals surface area contributed by atoms with E-state index in [0.29, 0.717) is 5.75 Å². The van der Waals surface area contributed by atoms with Gasteiger partial charge in [0, 0.05) is 5.92 Å². The normalized spacial score (nSPS) is 13.2. The van der Waals surface area contributed by atoms with Crippen LogP contribution in [0.15, 0.2) is 24.3 Å². The number of hydrogen-bond acceptors (Lipinski definition) is 3. The first kappa shape index (κ1) is 13.5. The summed E-state index contributed by atoms with van der Waals surface area (Å²) in [5, 5.41) is 18.3. The number of aliphatic carboxylic acids is 1. The van der Waals surface area contributed by atoms with Gasteiger partial charge in [0.05, 0.1) is 5.60 Å². The lowest BCUT2D eigenvalue weighted by Gasteiger charge is -2.26. The highest BCUT2D eigenvalue weighted by Gasteiger charge is 2.23. The van der Waals surface area contributed by atoms with Crippen LogP contribution in [-0.2, 0) is 4.79 Å². The van der Waals surface area contributed by atoms with Crippen molar-refractivity contribution in [2.45, 2.75) is 32.3 Å². The highest BCUT2D eigenvalue weighted by Crippen LogP contribution is 2.28. The average Bonchev–Trinajstić information content (AvgIpc) is 2.25. The lowest BCUT2D eigenvalue weighted by Crippen LogP contribution is -2.26. The molecule has 1 aromatic carbocycles. The number of rotatable bonds is 5. The molecule has 1 rings (SSSR count). The molecule has 0 saturated carbocycles. The fraction of sp³-hybridized carbons (Fsp3) is 0.462. The second-order valence-corrected chi connectivity index (χ2v) is 4.63. The van der Waals surface area contributed by atoms with E-state index in [1.165, 1.54) is 0 Å². The minimum atomic E-state index is -1.00. The summed E-state index contributed by atoms with van der Waals surface area (Å²) in [6.45, 7) is 5.10.